The Morgan fingerprint density at radius 1 is 1.53 bits per heavy atom. The molecular weight excluding hydrogens is 192 g/mol. The van der Waals surface area contributed by atoms with E-state index in [9.17, 15) is 5.11 Å². The second-order valence-electron chi connectivity index (χ2n) is 3.81. The number of furan rings is 1. The van der Waals surface area contributed by atoms with E-state index >= 15 is 0 Å². The monoisotopic (exact) mass is 204 g/mol. The summed E-state index contributed by atoms with van der Waals surface area (Å²) in [7, 11) is 0. The molecule has 0 fully saturated rings. The van der Waals surface area contributed by atoms with Gasteiger partial charge in [0, 0.05) is 12.7 Å². The van der Waals surface area contributed by atoms with Gasteiger partial charge >= 0.3 is 0 Å². The number of aryl methyl sites for hydroxylation is 1. The largest absolute Gasteiger partial charge is 0.463 e. The van der Waals surface area contributed by atoms with E-state index < -0.39 is 6.10 Å². The Kier molecular flexibility index (Phi) is 1.89. The van der Waals surface area contributed by atoms with E-state index in [0.717, 1.165) is 36.7 Å². The smallest absolute Gasteiger partial charge is 0.153 e. The van der Waals surface area contributed by atoms with Crippen molar-refractivity contribution < 1.29 is 9.52 Å². The maximum Gasteiger partial charge on any atom is 0.153 e. The van der Waals surface area contributed by atoms with Gasteiger partial charge in [-0.1, -0.05) is 0 Å². The average molecular weight is 204 g/mol. The molecule has 0 unspecified atom stereocenters. The van der Waals surface area contributed by atoms with E-state index in [1.165, 1.54) is 0 Å². The van der Waals surface area contributed by atoms with Crippen molar-refractivity contribution in [3.63, 3.8) is 0 Å². The van der Waals surface area contributed by atoms with Crippen LogP contribution >= 0.6 is 0 Å². The molecule has 0 aliphatic carbocycles. The number of hydrogen-bond acceptors (Lipinski definition) is 3. The van der Waals surface area contributed by atoms with Gasteiger partial charge in [0.2, 0.25) is 0 Å². The molecule has 0 aromatic carbocycles. The Labute approximate surface area is 87.2 Å². The molecule has 1 aliphatic rings. The molecule has 0 saturated heterocycles. The van der Waals surface area contributed by atoms with Crippen LogP contribution in [0.2, 0.25) is 0 Å². The first-order chi connectivity index (χ1) is 7.34. The summed E-state index contributed by atoms with van der Waals surface area (Å²) < 4.78 is 7.28. The van der Waals surface area contributed by atoms with Crippen LogP contribution < -0.4 is 0 Å². The second kappa shape index (κ2) is 3.24. The highest BCUT2D eigenvalue weighted by atomic mass is 16.3. The van der Waals surface area contributed by atoms with E-state index in [0.29, 0.717) is 0 Å². The van der Waals surface area contributed by atoms with Crippen LogP contribution in [-0.4, -0.2) is 14.7 Å². The first-order valence-electron chi connectivity index (χ1n) is 5.13. The first kappa shape index (κ1) is 8.73. The van der Waals surface area contributed by atoms with Gasteiger partial charge in [0.15, 0.2) is 5.76 Å². The quantitative estimate of drug-likeness (QED) is 0.772. The Bertz CT molecular complexity index is 459. The van der Waals surface area contributed by atoms with Gasteiger partial charge in [-0.05, 0) is 25.0 Å². The summed E-state index contributed by atoms with van der Waals surface area (Å²) in [4.78, 5) is 4.39. The lowest BCUT2D eigenvalue weighted by Gasteiger charge is -2.18. The van der Waals surface area contributed by atoms with Crippen molar-refractivity contribution in [2.45, 2.75) is 25.5 Å². The molecule has 1 aliphatic heterocycles. The maximum atomic E-state index is 9.76. The van der Waals surface area contributed by atoms with Gasteiger partial charge in [-0.25, -0.2) is 4.98 Å². The summed E-state index contributed by atoms with van der Waals surface area (Å²) in [5, 5.41) is 9.76. The maximum absolute atomic E-state index is 9.76. The number of aromatic nitrogens is 2. The van der Waals surface area contributed by atoms with Crippen LogP contribution in [0.4, 0.5) is 0 Å². The van der Waals surface area contributed by atoms with Crippen LogP contribution in [0, 0.1) is 0 Å². The number of imidazole rings is 1. The molecule has 4 nitrogen and oxygen atoms in total. The molecule has 2 aromatic rings. The van der Waals surface area contributed by atoms with Crippen molar-refractivity contribution in [2.75, 3.05) is 0 Å². The van der Waals surface area contributed by atoms with Crippen molar-refractivity contribution in [1.82, 2.24) is 9.55 Å². The fourth-order valence-electron chi connectivity index (χ4n) is 2.00. The highest BCUT2D eigenvalue weighted by Gasteiger charge is 2.21. The van der Waals surface area contributed by atoms with Crippen LogP contribution in [0.15, 0.2) is 29.0 Å². The molecule has 0 bridgehead atoms. The van der Waals surface area contributed by atoms with Gasteiger partial charge in [0.1, 0.15) is 17.6 Å². The van der Waals surface area contributed by atoms with Gasteiger partial charge in [0.25, 0.3) is 0 Å². The van der Waals surface area contributed by atoms with E-state index in [4.69, 9.17) is 4.42 Å². The Hall–Kier alpha value is -1.55. The van der Waals surface area contributed by atoms with Crippen molar-refractivity contribution in [3.05, 3.63) is 30.4 Å². The number of aliphatic hydroxyl groups excluding tert-OH is 1. The number of rotatable bonds is 1. The van der Waals surface area contributed by atoms with Gasteiger partial charge in [-0.3, -0.25) is 0 Å². The predicted molar refractivity (Wildman–Crippen MR) is 54.1 cm³/mol. The molecule has 0 saturated carbocycles. The fourth-order valence-corrected chi connectivity index (χ4v) is 2.00. The lowest BCUT2D eigenvalue weighted by molar-refractivity contribution is 0.134. The summed E-state index contributed by atoms with van der Waals surface area (Å²) in [5.74, 6) is 1.51. The third kappa shape index (κ3) is 1.37. The Morgan fingerprint density at radius 2 is 2.47 bits per heavy atom. The average Bonchev–Trinajstić information content (AvgIpc) is 2.86. The summed E-state index contributed by atoms with van der Waals surface area (Å²) in [6, 6.07) is 3.71. The molecule has 4 heteroatoms. The fraction of sp³-hybridized carbons (Fsp3) is 0.364. The second-order valence-corrected chi connectivity index (χ2v) is 3.81. The SMILES string of the molecule is O[C@H]1CCCn2cc(-c3ccco3)nc21. The van der Waals surface area contributed by atoms with E-state index in [1.54, 1.807) is 6.26 Å². The third-order valence-corrected chi connectivity index (χ3v) is 2.76. The lowest BCUT2D eigenvalue weighted by Crippen LogP contribution is -2.14. The summed E-state index contributed by atoms with van der Waals surface area (Å²) >= 11 is 0. The van der Waals surface area contributed by atoms with Crippen LogP contribution in [0.3, 0.4) is 0 Å². The molecule has 1 N–H and O–H groups in total. The van der Waals surface area contributed by atoms with Crippen LogP contribution in [-0.2, 0) is 6.54 Å². The molecule has 2 aromatic heterocycles. The number of fused-ring (bicyclic) bond motifs is 1. The lowest BCUT2D eigenvalue weighted by atomic mass is 10.1. The topological polar surface area (TPSA) is 51.2 Å². The highest BCUT2D eigenvalue weighted by molar-refractivity contribution is 5.51. The minimum absolute atomic E-state index is 0.428. The first-order valence-corrected chi connectivity index (χ1v) is 5.13. The van der Waals surface area contributed by atoms with Gasteiger partial charge in [-0.2, -0.15) is 0 Å². The van der Waals surface area contributed by atoms with Gasteiger partial charge in [0.05, 0.1) is 6.26 Å². The van der Waals surface area contributed by atoms with E-state index in [2.05, 4.69) is 4.98 Å². The van der Waals surface area contributed by atoms with Gasteiger partial charge in [-0.15, -0.1) is 0 Å². The minimum atomic E-state index is -0.428. The number of aliphatic hydroxyl groups is 1. The molecule has 1 atom stereocenters. The van der Waals surface area contributed by atoms with E-state index in [-0.39, 0.29) is 0 Å². The number of hydrogen-bond donors (Lipinski definition) is 1. The molecule has 78 valence electrons. The molecule has 0 amide bonds. The van der Waals surface area contributed by atoms with Crippen molar-refractivity contribution >= 4 is 0 Å². The summed E-state index contributed by atoms with van der Waals surface area (Å²) in [6.07, 6.45) is 4.94. The van der Waals surface area contributed by atoms with Crippen LogP contribution in [0.5, 0.6) is 0 Å². The zero-order valence-corrected chi connectivity index (χ0v) is 8.26. The molecule has 15 heavy (non-hydrogen) atoms. The predicted octanol–water partition coefficient (Wildman–Crippen LogP) is 1.97. The van der Waals surface area contributed by atoms with Crippen molar-refractivity contribution in [2.24, 2.45) is 0 Å². The molecular formula is C11H12N2O2. The van der Waals surface area contributed by atoms with Crippen molar-refractivity contribution in [3.8, 4) is 11.5 Å². The summed E-state index contributed by atoms with van der Waals surface area (Å²) in [5.41, 5.74) is 0.802. The molecule has 0 radical (unpaired) electrons. The highest BCUT2D eigenvalue weighted by Crippen LogP contribution is 2.27. The Morgan fingerprint density at radius 3 is 3.20 bits per heavy atom. The standard InChI is InChI=1S/C11H12N2O2/c14-9-3-1-5-13-7-8(12-11(9)13)10-4-2-6-15-10/h2,4,6-7,9,14H,1,3,5H2/t9-/m0/s1. The molecule has 3 rings (SSSR count). The Balaban J connectivity index is 2.06. The van der Waals surface area contributed by atoms with E-state index in [1.807, 2.05) is 22.9 Å². The summed E-state index contributed by atoms with van der Waals surface area (Å²) in [6.45, 7) is 0.931. The zero-order chi connectivity index (χ0) is 10.3. The van der Waals surface area contributed by atoms with Crippen LogP contribution in [0.1, 0.15) is 24.8 Å². The number of nitrogens with zero attached hydrogens (tertiary/aromatic N) is 2. The third-order valence-electron chi connectivity index (χ3n) is 2.76. The molecule has 3 heterocycles. The van der Waals surface area contributed by atoms with Crippen molar-refractivity contribution in [1.29, 1.82) is 0 Å². The minimum Gasteiger partial charge on any atom is -0.463 e. The normalized spacial score (nSPS) is 20.2. The zero-order valence-electron chi connectivity index (χ0n) is 8.26. The molecule has 0 spiro atoms. The van der Waals surface area contributed by atoms with Gasteiger partial charge < -0.3 is 14.1 Å². The van der Waals surface area contributed by atoms with Crippen LogP contribution in [0.25, 0.3) is 11.5 Å².